The fraction of sp³-hybridized carbons (Fsp3) is 0.588. The van der Waals surface area contributed by atoms with Crippen molar-refractivity contribution in [1.82, 2.24) is 10.2 Å². The maximum Gasteiger partial charge on any atom is 0.189 e. The van der Waals surface area contributed by atoms with Crippen molar-refractivity contribution >= 4 is 5.96 Å². The molecule has 0 aromatic heterocycles. The van der Waals surface area contributed by atoms with Crippen LogP contribution >= 0.6 is 0 Å². The van der Waals surface area contributed by atoms with Crippen molar-refractivity contribution in [3.8, 4) is 0 Å². The summed E-state index contributed by atoms with van der Waals surface area (Å²) in [5.41, 5.74) is 8.36. The minimum absolute atomic E-state index is 0.0574. The molecule has 0 aliphatic heterocycles. The average molecular weight is 290 g/mol. The van der Waals surface area contributed by atoms with Gasteiger partial charge in [0.15, 0.2) is 5.96 Å². The first-order chi connectivity index (χ1) is 9.84. The minimum atomic E-state index is -0.0574. The molecule has 0 atom stereocenters. The van der Waals surface area contributed by atoms with Gasteiger partial charge < -0.3 is 11.1 Å². The number of benzene rings is 1. The van der Waals surface area contributed by atoms with Crippen LogP contribution in [0.25, 0.3) is 0 Å². The summed E-state index contributed by atoms with van der Waals surface area (Å²) in [7, 11) is 0. The standard InChI is InChI=1S/C17H30N4/c1-6-21(7-2)13-15-10-8-9-14(11-15)12-19-16(18)20-17(3,4)5/h8-11H,6-7,12-13H2,1-5H3,(H3,18,19,20). The first-order valence-electron chi connectivity index (χ1n) is 7.72. The summed E-state index contributed by atoms with van der Waals surface area (Å²) in [6.45, 7) is 14.3. The summed E-state index contributed by atoms with van der Waals surface area (Å²) < 4.78 is 0. The third-order valence-electron chi connectivity index (χ3n) is 3.23. The smallest absolute Gasteiger partial charge is 0.189 e. The second-order valence-corrected chi connectivity index (χ2v) is 6.36. The summed E-state index contributed by atoms with van der Waals surface area (Å²) in [5, 5.41) is 3.17. The number of hydrogen-bond acceptors (Lipinski definition) is 2. The molecular weight excluding hydrogens is 260 g/mol. The van der Waals surface area contributed by atoms with Gasteiger partial charge in [-0.3, -0.25) is 4.90 Å². The molecule has 1 rings (SSSR count). The van der Waals surface area contributed by atoms with E-state index in [1.807, 2.05) is 0 Å². The summed E-state index contributed by atoms with van der Waals surface area (Å²) in [4.78, 5) is 6.81. The molecule has 0 aliphatic carbocycles. The van der Waals surface area contributed by atoms with Gasteiger partial charge in [-0.1, -0.05) is 38.1 Å². The summed E-state index contributed by atoms with van der Waals surface area (Å²) in [5.74, 6) is 0.497. The van der Waals surface area contributed by atoms with Gasteiger partial charge >= 0.3 is 0 Å². The Morgan fingerprint density at radius 2 is 1.81 bits per heavy atom. The van der Waals surface area contributed by atoms with Gasteiger partial charge in [0, 0.05) is 12.1 Å². The molecule has 0 heterocycles. The molecule has 0 bridgehead atoms. The molecule has 0 radical (unpaired) electrons. The van der Waals surface area contributed by atoms with Crippen molar-refractivity contribution in [2.75, 3.05) is 13.1 Å². The Bertz CT molecular complexity index is 456. The first-order valence-corrected chi connectivity index (χ1v) is 7.72. The molecule has 1 aromatic carbocycles. The van der Waals surface area contributed by atoms with E-state index in [0.717, 1.165) is 19.6 Å². The molecule has 4 heteroatoms. The molecule has 0 spiro atoms. The number of hydrogen-bond donors (Lipinski definition) is 2. The molecule has 118 valence electrons. The average Bonchev–Trinajstić information content (AvgIpc) is 2.41. The molecule has 0 saturated heterocycles. The fourth-order valence-electron chi connectivity index (χ4n) is 2.13. The van der Waals surface area contributed by atoms with Gasteiger partial charge in [0.2, 0.25) is 0 Å². The lowest BCUT2D eigenvalue weighted by Gasteiger charge is -2.21. The van der Waals surface area contributed by atoms with Crippen molar-refractivity contribution in [3.05, 3.63) is 35.4 Å². The van der Waals surface area contributed by atoms with Crippen LogP contribution in [0, 0.1) is 0 Å². The second kappa shape index (κ2) is 8.03. The van der Waals surface area contributed by atoms with Crippen molar-refractivity contribution in [2.24, 2.45) is 10.7 Å². The van der Waals surface area contributed by atoms with E-state index in [0.29, 0.717) is 12.5 Å². The van der Waals surface area contributed by atoms with E-state index in [4.69, 9.17) is 5.73 Å². The molecule has 0 amide bonds. The number of rotatable bonds is 6. The lowest BCUT2D eigenvalue weighted by atomic mass is 10.1. The van der Waals surface area contributed by atoms with E-state index < -0.39 is 0 Å². The Labute approximate surface area is 129 Å². The van der Waals surface area contributed by atoms with Crippen molar-refractivity contribution in [3.63, 3.8) is 0 Å². The highest BCUT2D eigenvalue weighted by atomic mass is 15.1. The lowest BCUT2D eigenvalue weighted by Crippen LogP contribution is -2.44. The van der Waals surface area contributed by atoms with Gasteiger partial charge in [0.1, 0.15) is 0 Å². The second-order valence-electron chi connectivity index (χ2n) is 6.36. The molecule has 0 fully saturated rings. The van der Waals surface area contributed by atoms with E-state index in [9.17, 15) is 0 Å². The molecule has 1 aromatic rings. The van der Waals surface area contributed by atoms with Gasteiger partial charge in [-0.25, -0.2) is 4.99 Å². The van der Waals surface area contributed by atoms with Crippen molar-refractivity contribution < 1.29 is 0 Å². The topological polar surface area (TPSA) is 53.6 Å². The van der Waals surface area contributed by atoms with Crippen molar-refractivity contribution in [2.45, 2.75) is 53.2 Å². The molecule has 21 heavy (non-hydrogen) atoms. The summed E-state index contributed by atoms with van der Waals surface area (Å²) in [6.07, 6.45) is 0. The Kier molecular flexibility index (Phi) is 6.69. The van der Waals surface area contributed by atoms with Crippen LogP contribution in [0.5, 0.6) is 0 Å². The Hall–Kier alpha value is -1.55. The summed E-state index contributed by atoms with van der Waals surface area (Å²) in [6, 6.07) is 8.57. The molecule has 4 nitrogen and oxygen atoms in total. The fourth-order valence-corrected chi connectivity index (χ4v) is 2.13. The van der Waals surface area contributed by atoms with Gasteiger partial charge in [0.05, 0.1) is 6.54 Å². The molecular formula is C17H30N4. The van der Waals surface area contributed by atoms with Crippen LogP contribution in [-0.4, -0.2) is 29.5 Å². The van der Waals surface area contributed by atoms with Gasteiger partial charge in [-0.15, -0.1) is 0 Å². The monoisotopic (exact) mass is 290 g/mol. The van der Waals surface area contributed by atoms with E-state index in [1.54, 1.807) is 0 Å². The van der Waals surface area contributed by atoms with Crippen molar-refractivity contribution in [1.29, 1.82) is 0 Å². The largest absolute Gasteiger partial charge is 0.370 e. The predicted octanol–water partition coefficient (Wildman–Crippen LogP) is 2.73. The Balaban J connectivity index is 2.66. The Morgan fingerprint density at radius 3 is 2.38 bits per heavy atom. The molecule has 0 saturated carbocycles. The van der Waals surface area contributed by atoms with E-state index in [-0.39, 0.29) is 5.54 Å². The highest BCUT2D eigenvalue weighted by molar-refractivity contribution is 5.78. The van der Waals surface area contributed by atoms with E-state index in [2.05, 4.69) is 74.1 Å². The SMILES string of the molecule is CCN(CC)Cc1cccc(CN=C(N)NC(C)(C)C)c1. The highest BCUT2D eigenvalue weighted by Crippen LogP contribution is 2.09. The van der Waals surface area contributed by atoms with Crippen LogP contribution in [0.3, 0.4) is 0 Å². The molecule has 0 unspecified atom stereocenters. The maximum atomic E-state index is 5.90. The van der Waals surface area contributed by atoms with Crippen LogP contribution in [0.2, 0.25) is 0 Å². The normalized spacial score (nSPS) is 12.8. The zero-order valence-electron chi connectivity index (χ0n) is 14.1. The van der Waals surface area contributed by atoms with Gasteiger partial charge in [0.25, 0.3) is 0 Å². The zero-order chi connectivity index (χ0) is 15.9. The quantitative estimate of drug-likeness (QED) is 0.625. The number of nitrogens with two attached hydrogens (primary N) is 1. The van der Waals surface area contributed by atoms with Crippen LogP contribution < -0.4 is 11.1 Å². The first kappa shape index (κ1) is 17.5. The minimum Gasteiger partial charge on any atom is -0.370 e. The number of nitrogens with one attached hydrogen (secondary N) is 1. The predicted molar refractivity (Wildman–Crippen MR) is 91.3 cm³/mol. The highest BCUT2D eigenvalue weighted by Gasteiger charge is 2.09. The lowest BCUT2D eigenvalue weighted by molar-refractivity contribution is 0.296. The van der Waals surface area contributed by atoms with Crippen LogP contribution in [0.4, 0.5) is 0 Å². The number of guanidine groups is 1. The van der Waals surface area contributed by atoms with Gasteiger partial charge in [-0.2, -0.15) is 0 Å². The van der Waals surface area contributed by atoms with E-state index >= 15 is 0 Å². The van der Waals surface area contributed by atoms with Crippen LogP contribution in [0.1, 0.15) is 45.7 Å². The maximum absolute atomic E-state index is 5.90. The van der Waals surface area contributed by atoms with Crippen LogP contribution in [0.15, 0.2) is 29.3 Å². The number of aliphatic imine (C=N–C) groups is 1. The summed E-state index contributed by atoms with van der Waals surface area (Å²) >= 11 is 0. The third kappa shape index (κ3) is 7.14. The van der Waals surface area contributed by atoms with Crippen LogP contribution in [-0.2, 0) is 13.1 Å². The Morgan fingerprint density at radius 1 is 1.19 bits per heavy atom. The third-order valence-corrected chi connectivity index (χ3v) is 3.23. The number of nitrogens with zero attached hydrogens (tertiary/aromatic N) is 2. The zero-order valence-corrected chi connectivity index (χ0v) is 14.1. The van der Waals surface area contributed by atoms with E-state index in [1.165, 1.54) is 11.1 Å². The molecule has 0 aliphatic rings. The molecule has 3 N–H and O–H groups in total. The van der Waals surface area contributed by atoms with Gasteiger partial charge in [-0.05, 0) is 45.0 Å².